The second-order valence-corrected chi connectivity index (χ2v) is 4.36. The molecule has 1 aromatic rings. The number of rotatable bonds is 3. The van der Waals surface area contributed by atoms with Crippen molar-refractivity contribution in [2.75, 3.05) is 31.2 Å². The first-order chi connectivity index (χ1) is 7.81. The van der Waals surface area contributed by atoms with Crippen molar-refractivity contribution in [2.24, 2.45) is 0 Å². The van der Waals surface area contributed by atoms with E-state index >= 15 is 0 Å². The average molecular weight is 220 g/mol. The Morgan fingerprint density at radius 3 is 2.88 bits per heavy atom. The van der Waals surface area contributed by atoms with Crippen LogP contribution in [0.15, 0.2) is 18.3 Å². The van der Waals surface area contributed by atoms with Gasteiger partial charge in [-0.3, -0.25) is 0 Å². The maximum atomic E-state index is 5.35. The predicted molar refractivity (Wildman–Crippen MR) is 66.0 cm³/mol. The molecule has 1 unspecified atom stereocenters. The number of hydrogen-bond acceptors (Lipinski definition) is 3. The van der Waals surface area contributed by atoms with Crippen LogP contribution in [0, 0.1) is 0 Å². The molecule has 2 rings (SSSR count). The quantitative estimate of drug-likeness (QED) is 0.782. The fourth-order valence-electron chi connectivity index (χ4n) is 1.94. The molecule has 1 aliphatic rings. The fourth-order valence-corrected chi connectivity index (χ4v) is 1.94. The lowest BCUT2D eigenvalue weighted by Gasteiger charge is -2.28. The minimum atomic E-state index is 0.614. The third-order valence-corrected chi connectivity index (χ3v) is 3.29. The molecular weight excluding hydrogens is 200 g/mol. The van der Waals surface area contributed by atoms with E-state index in [0.717, 1.165) is 32.1 Å². The fraction of sp³-hybridized carbons (Fsp3) is 0.615. The molecular formula is C13H20N2O. The number of pyridine rings is 1. The smallest absolute Gasteiger partial charge is 0.128 e. The van der Waals surface area contributed by atoms with Crippen LogP contribution in [-0.4, -0.2) is 31.3 Å². The van der Waals surface area contributed by atoms with Crippen molar-refractivity contribution < 1.29 is 4.74 Å². The van der Waals surface area contributed by atoms with Gasteiger partial charge in [0.05, 0.1) is 13.2 Å². The summed E-state index contributed by atoms with van der Waals surface area (Å²) in [4.78, 5) is 6.75. The molecule has 1 aromatic heterocycles. The molecule has 16 heavy (non-hydrogen) atoms. The van der Waals surface area contributed by atoms with Gasteiger partial charge < -0.3 is 9.64 Å². The van der Waals surface area contributed by atoms with Crippen LogP contribution in [0.1, 0.15) is 31.7 Å². The molecule has 2 heterocycles. The number of ether oxygens (including phenoxy) is 1. The maximum Gasteiger partial charge on any atom is 0.128 e. The van der Waals surface area contributed by atoms with E-state index in [1.807, 2.05) is 6.20 Å². The zero-order valence-electron chi connectivity index (χ0n) is 10.1. The minimum absolute atomic E-state index is 0.614. The molecule has 0 spiro atoms. The first kappa shape index (κ1) is 11.4. The summed E-state index contributed by atoms with van der Waals surface area (Å²) in [5.74, 6) is 1.71. The highest BCUT2D eigenvalue weighted by atomic mass is 16.5. The number of anilines is 1. The van der Waals surface area contributed by atoms with Crippen molar-refractivity contribution in [3.05, 3.63) is 23.9 Å². The Bertz CT molecular complexity index is 334. The average Bonchev–Trinajstić information content (AvgIpc) is 2.39. The zero-order valence-corrected chi connectivity index (χ0v) is 10.1. The maximum absolute atomic E-state index is 5.35. The van der Waals surface area contributed by atoms with Crippen molar-refractivity contribution in [1.29, 1.82) is 0 Å². The molecule has 0 aliphatic carbocycles. The monoisotopic (exact) mass is 220 g/mol. The van der Waals surface area contributed by atoms with Crippen LogP contribution in [0.2, 0.25) is 0 Å². The molecule has 1 fully saturated rings. The first-order valence-electron chi connectivity index (χ1n) is 6.10. The molecule has 1 aliphatic heterocycles. The molecule has 0 radical (unpaired) electrons. The summed E-state index contributed by atoms with van der Waals surface area (Å²) in [5.41, 5.74) is 1.39. The molecule has 0 bridgehead atoms. The number of aromatic nitrogens is 1. The van der Waals surface area contributed by atoms with Crippen LogP contribution in [0.5, 0.6) is 0 Å². The molecule has 3 nitrogen and oxygen atoms in total. The number of morpholine rings is 1. The van der Waals surface area contributed by atoms with Crippen molar-refractivity contribution >= 4 is 5.82 Å². The third kappa shape index (κ3) is 2.53. The van der Waals surface area contributed by atoms with Crippen molar-refractivity contribution in [1.82, 2.24) is 4.98 Å². The Hall–Kier alpha value is -1.09. The van der Waals surface area contributed by atoms with Crippen LogP contribution in [0.3, 0.4) is 0 Å². The summed E-state index contributed by atoms with van der Waals surface area (Å²) in [6.07, 6.45) is 3.10. The molecule has 3 heteroatoms. The van der Waals surface area contributed by atoms with E-state index in [0.29, 0.717) is 5.92 Å². The second-order valence-electron chi connectivity index (χ2n) is 4.36. The van der Waals surface area contributed by atoms with Gasteiger partial charge in [0.1, 0.15) is 5.82 Å². The normalized spacial score (nSPS) is 18.5. The third-order valence-electron chi connectivity index (χ3n) is 3.29. The van der Waals surface area contributed by atoms with Gasteiger partial charge in [-0.05, 0) is 30.0 Å². The van der Waals surface area contributed by atoms with Gasteiger partial charge >= 0.3 is 0 Å². The Morgan fingerprint density at radius 2 is 2.19 bits per heavy atom. The van der Waals surface area contributed by atoms with Gasteiger partial charge in [0, 0.05) is 19.3 Å². The number of hydrogen-bond donors (Lipinski definition) is 0. The van der Waals surface area contributed by atoms with E-state index in [1.54, 1.807) is 0 Å². The summed E-state index contributed by atoms with van der Waals surface area (Å²) < 4.78 is 5.35. The van der Waals surface area contributed by atoms with E-state index in [1.165, 1.54) is 12.0 Å². The highest BCUT2D eigenvalue weighted by Gasteiger charge is 2.13. The largest absolute Gasteiger partial charge is 0.378 e. The van der Waals surface area contributed by atoms with E-state index in [4.69, 9.17) is 4.74 Å². The Kier molecular flexibility index (Phi) is 3.78. The van der Waals surface area contributed by atoms with Crippen molar-refractivity contribution in [3.63, 3.8) is 0 Å². The topological polar surface area (TPSA) is 25.4 Å². The van der Waals surface area contributed by atoms with E-state index in [2.05, 4.69) is 35.9 Å². The van der Waals surface area contributed by atoms with Crippen LogP contribution in [-0.2, 0) is 4.74 Å². The molecule has 0 saturated carbocycles. The van der Waals surface area contributed by atoms with E-state index in [9.17, 15) is 0 Å². The Labute approximate surface area is 97.4 Å². The second kappa shape index (κ2) is 5.30. The SMILES string of the molecule is CCC(C)c1ccnc(N2CCOCC2)c1. The number of nitrogens with zero attached hydrogens (tertiary/aromatic N) is 2. The van der Waals surface area contributed by atoms with Gasteiger partial charge in [-0.25, -0.2) is 4.98 Å². The van der Waals surface area contributed by atoms with Crippen molar-refractivity contribution in [3.8, 4) is 0 Å². The molecule has 0 amide bonds. The summed E-state index contributed by atoms with van der Waals surface area (Å²) in [5, 5.41) is 0. The zero-order chi connectivity index (χ0) is 11.4. The lowest BCUT2D eigenvalue weighted by atomic mass is 10.00. The summed E-state index contributed by atoms with van der Waals surface area (Å²) in [7, 11) is 0. The first-order valence-corrected chi connectivity index (χ1v) is 6.10. The van der Waals surface area contributed by atoms with Gasteiger partial charge in [-0.1, -0.05) is 13.8 Å². The lowest BCUT2D eigenvalue weighted by molar-refractivity contribution is 0.122. The molecule has 1 atom stereocenters. The molecule has 1 saturated heterocycles. The molecule has 88 valence electrons. The lowest BCUT2D eigenvalue weighted by Crippen LogP contribution is -2.36. The molecule has 0 aromatic carbocycles. The van der Waals surface area contributed by atoms with Crippen LogP contribution >= 0.6 is 0 Å². The van der Waals surface area contributed by atoms with Crippen LogP contribution < -0.4 is 4.90 Å². The van der Waals surface area contributed by atoms with Gasteiger partial charge in [-0.2, -0.15) is 0 Å². The van der Waals surface area contributed by atoms with Gasteiger partial charge in [0.15, 0.2) is 0 Å². The van der Waals surface area contributed by atoms with Crippen LogP contribution in [0.25, 0.3) is 0 Å². The summed E-state index contributed by atoms with van der Waals surface area (Å²) in [6.45, 7) is 8.02. The van der Waals surface area contributed by atoms with Crippen molar-refractivity contribution in [2.45, 2.75) is 26.2 Å². The van der Waals surface area contributed by atoms with Crippen LogP contribution in [0.4, 0.5) is 5.82 Å². The molecule has 0 N–H and O–H groups in total. The standard InChI is InChI=1S/C13H20N2O/c1-3-11(2)12-4-5-14-13(10-12)15-6-8-16-9-7-15/h4-5,10-11H,3,6-9H2,1-2H3. The van der Waals surface area contributed by atoms with Gasteiger partial charge in [-0.15, -0.1) is 0 Å². The summed E-state index contributed by atoms with van der Waals surface area (Å²) >= 11 is 0. The summed E-state index contributed by atoms with van der Waals surface area (Å²) in [6, 6.07) is 4.34. The van der Waals surface area contributed by atoms with Gasteiger partial charge in [0.2, 0.25) is 0 Å². The highest BCUT2D eigenvalue weighted by molar-refractivity contribution is 5.42. The van der Waals surface area contributed by atoms with E-state index < -0.39 is 0 Å². The minimum Gasteiger partial charge on any atom is -0.378 e. The highest BCUT2D eigenvalue weighted by Crippen LogP contribution is 2.22. The predicted octanol–water partition coefficient (Wildman–Crippen LogP) is 2.43. The Morgan fingerprint density at radius 1 is 1.44 bits per heavy atom. The van der Waals surface area contributed by atoms with Gasteiger partial charge in [0.25, 0.3) is 0 Å². The Balaban J connectivity index is 2.14. The van der Waals surface area contributed by atoms with E-state index in [-0.39, 0.29) is 0 Å².